The Kier molecular flexibility index (Phi) is 3.64. The van der Waals surface area contributed by atoms with Gasteiger partial charge in [-0.3, -0.25) is 4.79 Å². The Balaban J connectivity index is 1.96. The minimum atomic E-state index is -0.618. The average molecular weight is 258 g/mol. The van der Waals surface area contributed by atoms with Crippen LogP contribution < -0.4 is 5.32 Å². The van der Waals surface area contributed by atoms with Gasteiger partial charge in [0.15, 0.2) is 0 Å². The zero-order chi connectivity index (χ0) is 12.4. The van der Waals surface area contributed by atoms with E-state index in [1.807, 2.05) is 0 Å². The molecule has 1 aliphatic rings. The number of rotatable bonds is 4. The first kappa shape index (κ1) is 12.3. The van der Waals surface area contributed by atoms with Crippen LogP contribution in [0.1, 0.15) is 23.2 Å². The molecule has 0 aromatic heterocycles. The summed E-state index contributed by atoms with van der Waals surface area (Å²) in [5.74, 6) is -0.892. The van der Waals surface area contributed by atoms with Gasteiger partial charge in [0, 0.05) is 11.6 Å². The molecular formula is C12H13ClFNO2. The van der Waals surface area contributed by atoms with E-state index in [0.717, 1.165) is 18.9 Å². The number of benzene rings is 1. The van der Waals surface area contributed by atoms with Crippen LogP contribution >= 0.6 is 11.6 Å². The van der Waals surface area contributed by atoms with Crippen molar-refractivity contribution in [3.8, 4) is 0 Å². The number of halogens is 2. The van der Waals surface area contributed by atoms with Gasteiger partial charge in [-0.05, 0) is 37.0 Å². The first-order valence-electron chi connectivity index (χ1n) is 5.49. The van der Waals surface area contributed by atoms with Gasteiger partial charge in [-0.2, -0.15) is 0 Å². The SMILES string of the molecule is O=C(NCC(O)C1CC1)c1cc(Cl)ccc1F. The van der Waals surface area contributed by atoms with E-state index in [-0.39, 0.29) is 18.0 Å². The molecular weight excluding hydrogens is 245 g/mol. The maximum Gasteiger partial charge on any atom is 0.254 e. The van der Waals surface area contributed by atoms with Crippen molar-refractivity contribution in [3.63, 3.8) is 0 Å². The number of aliphatic hydroxyl groups excluding tert-OH is 1. The summed E-state index contributed by atoms with van der Waals surface area (Å²) in [6.45, 7) is 0.148. The summed E-state index contributed by atoms with van der Waals surface area (Å²) < 4.78 is 13.3. The van der Waals surface area contributed by atoms with E-state index in [1.165, 1.54) is 12.1 Å². The lowest BCUT2D eigenvalue weighted by molar-refractivity contribution is 0.0897. The monoisotopic (exact) mass is 257 g/mol. The normalized spacial score (nSPS) is 16.6. The van der Waals surface area contributed by atoms with Crippen LogP contribution in [0.25, 0.3) is 0 Å². The second kappa shape index (κ2) is 5.02. The van der Waals surface area contributed by atoms with E-state index < -0.39 is 17.8 Å². The fourth-order valence-electron chi connectivity index (χ4n) is 1.61. The number of hydrogen-bond acceptors (Lipinski definition) is 2. The van der Waals surface area contributed by atoms with E-state index in [0.29, 0.717) is 5.02 Å². The quantitative estimate of drug-likeness (QED) is 0.867. The van der Waals surface area contributed by atoms with Crippen LogP contribution in [0.2, 0.25) is 5.02 Å². The highest BCUT2D eigenvalue weighted by Gasteiger charge is 2.29. The number of carbonyl (C=O) groups is 1. The largest absolute Gasteiger partial charge is 0.391 e. The van der Waals surface area contributed by atoms with Gasteiger partial charge in [0.1, 0.15) is 5.82 Å². The van der Waals surface area contributed by atoms with Gasteiger partial charge < -0.3 is 10.4 Å². The molecule has 0 heterocycles. The molecule has 0 saturated heterocycles. The number of aliphatic hydroxyl groups is 1. The van der Waals surface area contributed by atoms with Crippen molar-refractivity contribution in [2.24, 2.45) is 5.92 Å². The van der Waals surface area contributed by atoms with E-state index >= 15 is 0 Å². The molecule has 3 nitrogen and oxygen atoms in total. The van der Waals surface area contributed by atoms with Crippen molar-refractivity contribution in [1.29, 1.82) is 0 Å². The number of carbonyl (C=O) groups excluding carboxylic acids is 1. The molecule has 5 heteroatoms. The zero-order valence-electron chi connectivity index (χ0n) is 9.12. The molecule has 92 valence electrons. The Morgan fingerprint density at radius 2 is 2.29 bits per heavy atom. The Hall–Kier alpha value is -1.13. The smallest absolute Gasteiger partial charge is 0.254 e. The average Bonchev–Trinajstić information content (AvgIpc) is 3.12. The van der Waals surface area contributed by atoms with Gasteiger partial charge in [-0.15, -0.1) is 0 Å². The zero-order valence-corrected chi connectivity index (χ0v) is 9.88. The molecule has 1 aromatic carbocycles. The number of nitrogens with one attached hydrogen (secondary N) is 1. The van der Waals surface area contributed by atoms with E-state index in [9.17, 15) is 14.3 Å². The standard InChI is InChI=1S/C12H13ClFNO2/c13-8-3-4-10(14)9(5-8)12(17)15-6-11(16)7-1-2-7/h3-5,7,11,16H,1-2,6H2,(H,15,17). The highest BCUT2D eigenvalue weighted by Crippen LogP contribution is 2.32. The molecule has 1 aromatic rings. The summed E-state index contributed by atoms with van der Waals surface area (Å²) in [5.41, 5.74) is -0.0968. The summed E-state index contributed by atoms with van der Waals surface area (Å²) >= 11 is 5.69. The highest BCUT2D eigenvalue weighted by atomic mass is 35.5. The molecule has 1 saturated carbocycles. The number of amides is 1. The van der Waals surface area contributed by atoms with Crippen LogP contribution in [-0.4, -0.2) is 23.7 Å². The Labute approximate surface area is 104 Å². The second-order valence-electron chi connectivity index (χ2n) is 4.24. The molecule has 1 fully saturated rings. The molecule has 1 amide bonds. The summed E-state index contributed by atoms with van der Waals surface area (Å²) in [6.07, 6.45) is 1.44. The highest BCUT2D eigenvalue weighted by molar-refractivity contribution is 6.30. The molecule has 0 bridgehead atoms. The van der Waals surface area contributed by atoms with Crippen molar-refractivity contribution in [1.82, 2.24) is 5.32 Å². The summed E-state index contributed by atoms with van der Waals surface area (Å²) in [7, 11) is 0. The molecule has 0 radical (unpaired) electrons. The second-order valence-corrected chi connectivity index (χ2v) is 4.68. The molecule has 0 spiro atoms. The van der Waals surface area contributed by atoms with E-state index in [1.54, 1.807) is 0 Å². The fraction of sp³-hybridized carbons (Fsp3) is 0.417. The van der Waals surface area contributed by atoms with Gasteiger partial charge in [0.2, 0.25) is 0 Å². The first-order valence-corrected chi connectivity index (χ1v) is 5.87. The summed E-state index contributed by atoms with van der Waals surface area (Å²) in [6, 6.07) is 3.80. The maximum absolute atomic E-state index is 13.3. The molecule has 0 aliphatic heterocycles. The third kappa shape index (κ3) is 3.17. The fourth-order valence-corrected chi connectivity index (χ4v) is 1.78. The van der Waals surface area contributed by atoms with Crippen molar-refractivity contribution in [2.45, 2.75) is 18.9 Å². The Bertz CT molecular complexity index is 435. The van der Waals surface area contributed by atoms with Crippen molar-refractivity contribution >= 4 is 17.5 Å². The Morgan fingerprint density at radius 3 is 2.94 bits per heavy atom. The van der Waals surface area contributed by atoms with Crippen LogP contribution in [0.3, 0.4) is 0 Å². The Morgan fingerprint density at radius 1 is 1.59 bits per heavy atom. The lowest BCUT2D eigenvalue weighted by Gasteiger charge is -2.11. The van der Waals surface area contributed by atoms with E-state index in [2.05, 4.69) is 5.32 Å². The summed E-state index contributed by atoms with van der Waals surface area (Å²) in [5, 5.41) is 12.4. The molecule has 2 N–H and O–H groups in total. The molecule has 1 atom stereocenters. The van der Waals surface area contributed by atoms with Crippen LogP contribution in [0.15, 0.2) is 18.2 Å². The lowest BCUT2D eigenvalue weighted by Crippen LogP contribution is -2.33. The lowest BCUT2D eigenvalue weighted by atomic mass is 10.2. The van der Waals surface area contributed by atoms with Crippen LogP contribution in [-0.2, 0) is 0 Å². The summed E-state index contributed by atoms with van der Waals surface area (Å²) in [4.78, 5) is 11.6. The third-order valence-corrected chi connectivity index (χ3v) is 3.05. The number of hydrogen-bond donors (Lipinski definition) is 2. The topological polar surface area (TPSA) is 49.3 Å². The van der Waals surface area contributed by atoms with Crippen LogP contribution in [0.4, 0.5) is 4.39 Å². The van der Waals surface area contributed by atoms with Gasteiger partial charge in [-0.25, -0.2) is 4.39 Å². The van der Waals surface area contributed by atoms with Crippen molar-refractivity contribution < 1.29 is 14.3 Å². The van der Waals surface area contributed by atoms with Crippen molar-refractivity contribution in [2.75, 3.05) is 6.54 Å². The van der Waals surface area contributed by atoms with Gasteiger partial charge in [-0.1, -0.05) is 11.6 Å². The minimum absolute atomic E-state index is 0.0968. The van der Waals surface area contributed by atoms with Gasteiger partial charge in [0.05, 0.1) is 11.7 Å². The molecule has 2 rings (SSSR count). The third-order valence-electron chi connectivity index (χ3n) is 2.81. The molecule has 17 heavy (non-hydrogen) atoms. The predicted octanol–water partition coefficient (Wildman–Crippen LogP) is 1.98. The van der Waals surface area contributed by atoms with Gasteiger partial charge in [0.25, 0.3) is 5.91 Å². The first-order chi connectivity index (χ1) is 8.08. The maximum atomic E-state index is 13.3. The van der Waals surface area contributed by atoms with Gasteiger partial charge >= 0.3 is 0 Å². The molecule has 1 aliphatic carbocycles. The predicted molar refractivity (Wildman–Crippen MR) is 62.5 cm³/mol. The van der Waals surface area contributed by atoms with E-state index in [4.69, 9.17) is 11.6 Å². The van der Waals surface area contributed by atoms with Crippen LogP contribution in [0.5, 0.6) is 0 Å². The molecule has 1 unspecified atom stereocenters. The van der Waals surface area contributed by atoms with Crippen LogP contribution in [0, 0.1) is 11.7 Å². The minimum Gasteiger partial charge on any atom is -0.391 e. The van der Waals surface area contributed by atoms with Crippen molar-refractivity contribution in [3.05, 3.63) is 34.6 Å².